The third kappa shape index (κ3) is 3.71. The summed E-state index contributed by atoms with van der Waals surface area (Å²) in [5.74, 6) is 1.03. The van der Waals surface area contributed by atoms with Gasteiger partial charge in [-0.2, -0.15) is 0 Å². The van der Waals surface area contributed by atoms with Crippen molar-refractivity contribution in [2.75, 3.05) is 24.7 Å². The standard InChI is InChI=1S/C17H21N5O/c1-10-14(11(2)21-17(18)20-10)8-15(12(3)23)13-6-7-16(19-9-13)22(4)5/h6-9H,1-5H3,(H2,18,20,21)/b15-8+. The number of aryl methyl sites for hydroxylation is 2. The highest BCUT2D eigenvalue weighted by atomic mass is 16.1. The maximum atomic E-state index is 12.1. The van der Waals surface area contributed by atoms with Crippen molar-refractivity contribution in [2.45, 2.75) is 20.8 Å². The summed E-state index contributed by atoms with van der Waals surface area (Å²) in [5, 5.41) is 0. The molecule has 2 aromatic heterocycles. The fourth-order valence-corrected chi connectivity index (χ4v) is 2.30. The van der Waals surface area contributed by atoms with Crippen molar-refractivity contribution in [3.8, 4) is 0 Å². The molecule has 2 aromatic rings. The van der Waals surface area contributed by atoms with Gasteiger partial charge in [0.2, 0.25) is 5.95 Å². The molecule has 0 radical (unpaired) electrons. The van der Waals surface area contributed by atoms with Gasteiger partial charge in [0.1, 0.15) is 5.82 Å². The molecule has 0 saturated carbocycles. The number of nitrogens with two attached hydrogens (primary N) is 1. The number of carbonyl (C=O) groups is 1. The van der Waals surface area contributed by atoms with Gasteiger partial charge < -0.3 is 10.6 Å². The maximum absolute atomic E-state index is 12.1. The number of allylic oxidation sites excluding steroid dienone is 1. The summed E-state index contributed by atoms with van der Waals surface area (Å²) < 4.78 is 0. The highest BCUT2D eigenvalue weighted by Crippen LogP contribution is 2.23. The van der Waals surface area contributed by atoms with Crippen molar-refractivity contribution in [3.05, 3.63) is 40.8 Å². The largest absolute Gasteiger partial charge is 0.368 e. The molecule has 0 aliphatic rings. The highest BCUT2D eigenvalue weighted by molar-refractivity contribution is 6.24. The van der Waals surface area contributed by atoms with E-state index in [9.17, 15) is 4.79 Å². The first-order valence-corrected chi connectivity index (χ1v) is 7.26. The summed E-state index contributed by atoms with van der Waals surface area (Å²) in [6, 6.07) is 3.77. The van der Waals surface area contributed by atoms with Crippen LogP contribution in [0, 0.1) is 13.8 Å². The van der Waals surface area contributed by atoms with Gasteiger partial charge in [0.25, 0.3) is 0 Å². The van der Waals surface area contributed by atoms with Gasteiger partial charge in [0, 0.05) is 37.0 Å². The van der Waals surface area contributed by atoms with E-state index in [4.69, 9.17) is 5.73 Å². The van der Waals surface area contributed by atoms with Gasteiger partial charge in [-0.3, -0.25) is 4.79 Å². The average Bonchev–Trinajstić information content (AvgIpc) is 2.46. The number of hydrogen-bond donors (Lipinski definition) is 1. The molecule has 0 saturated heterocycles. The molecule has 2 rings (SSSR count). The van der Waals surface area contributed by atoms with Crippen molar-refractivity contribution in [1.82, 2.24) is 15.0 Å². The first-order chi connectivity index (χ1) is 10.8. The van der Waals surface area contributed by atoms with Crippen LogP contribution >= 0.6 is 0 Å². The number of hydrogen-bond acceptors (Lipinski definition) is 6. The topological polar surface area (TPSA) is 85.0 Å². The quantitative estimate of drug-likeness (QED) is 0.872. The van der Waals surface area contributed by atoms with Crippen LogP contribution in [0.4, 0.5) is 11.8 Å². The van der Waals surface area contributed by atoms with E-state index in [2.05, 4.69) is 15.0 Å². The summed E-state index contributed by atoms with van der Waals surface area (Å²) in [5.41, 5.74) is 9.28. The highest BCUT2D eigenvalue weighted by Gasteiger charge is 2.12. The molecule has 6 nitrogen and oxygen atoms in total. The van der Waals surface area contributed by atoms with E-state index in [0.29, 0.717) is 5.57 Å². The van der Waals surface area contributed by atoms with Crippen molar-refractivity contribution in [3.63, 3.8) is 0 Å². The van der Waals surface area contributed by atoms with E-state index in [1.54, 1.807) is 12.3 Å². The number of pyridine rings is 1. The van der Waals surface area contributed by atoms with Crippen LogP contribution < -0.4 is 10.6 Å². The number of anilines is 2. The summed E-state index contributed by atoms with van der Waals surface area (Å²) >= 11 is 0. The Morgan fingerprint density at radius 1 is 1.17 bits per heavy atom. The van der Waals surface area contributed by atoms with Gasteiger partial charge in [-0.15, -0.1) is 0 Å². The van der Waals surface area contributed by atoms with Crippen LogP contribution in [0.15, 0.2) is 18.3 Å². The number of Topliss-reactive ketones (excluding diaryl/α,β-unsaturated/α-hetero) is 1. The van der Waals surface area contributed by atoms with Crippen LogP contribution in [0.25, 0.3) is 11.6 Å². The van der Waals surface area contributed by atoms with Crippen LogP contribution in [-0.4, -0.2) is 34.8 Å². The van der Waals surface area contributed by atoms with Crippen molar-refractivity contribution >= 4 is 29.2 Å². The molecule has 0 spiro atoms. The van der Waals surface area contributed by atoms with Gasteiger partial charge in [-0.05, 0) is 39.0 Å². The first-order valence-electron chi connectivity index (χ1n) is 7.26. The number of carbonyl (C=O) groups excluding carboxylic acids is 1. The number of nitrogen functional groups attached to an aromatic ring is 1. The molecule has 0 aliphatic carbocycles. The van der Waals surface area contributed by atoms with Gasteiger partial charge in [-0.25, -0.2) is 15.0 Å². The van der Waals surface area contributed by atoms with Crippen molar-refractivity contribution in [1.29, 1.82) is 0 Å². The van der Waals surface area contributed by atoms with E-state index >= 15 is 0 Å². The Balaban J connectivity index is 2.53. The van der Waals surface area contributed by atoms with Crippen LogP contribution in [-0.2, 0) is 4.79 Å². The molecule has 2 N–H and O–H groups in total. The van der Waals surface area contributed by atoms with Crippen LogP contribution in [0.1, 0.15) is 29.4 Å². The van der Waals surface area contributed by atoms with Gasteiger partial charge in [0.15, 0.2) is 5.78 Å². The molecular weight excluding hydrogens is 290 g/mol. The fourth-order valence-electron chi connectivity index (χ4n) is 2.30. The Bertz CT molecular complexity index is 740. The lowest BCUT2D eigenvalue weighted by Crippen LogP contribution is -2.10. The minimum absolute atomic E-state index is 0.0416. The molecule has 0 amide bonds. The molecule has 0 atom stereocenters. The molecule has 0 bridgehead atoms. The van der Waals surface area contributed by atoms with E-state index in [0.717, 1.165) is 28.3 Å². The molecule has 0 fully saturated rings. The molecule has 0 unspecified atom stereocenters. The first kappa shape index (κ1) is 16.6. The van der Waals surface area contributed by atoms with Crippen molar-refractivity contribution in [2.24, 2.45) is 0 Å². The zero-order valence-electron chi connectivity index (χ0n) is 14.1. The number of aromatic nitrogens is 3. The second-order valence-electron chi connectivity index (χ2n) is 5.58. The lowest BCUT2D eigenvalue weighted by Gasteiger charge is -2.12. The Labute approximate surface area is 136 Å². The molecule has 2 heterocycles. The third-order valence-corrected chi connectivity index (χ3v) is 3.53. The molecule has 0 aliphatic heterocycles. The normalized spacial score (nSPS) is 11.4. The van der Waals surface area contributed by atoms with Crippen LogP contribution in [0.3, 0.4) is 0 Å². The number of ketones is 1. The maximum Gasteiger partial charge on any atom is 0.220 e. The summed E-state index contributed by atoms with van der Waals surface area (Å²) in [6.07, 6.45) is 3.50. The van der Waals surface area contributed by atoms with Crippen LogP contribution in [0.2, 0.25) is 0 Å². The monoisotopic (exact) mass is 311 g/mol. The summed E-state index contributed by atoms with van der Waals surface area (Å²) in [7, 11) is 3.84. The molecule has 6 heteroatoms. The third-order valence-electron chi connectivity index (χ3n) is 3.53. The van der Waals surface area contributed by atoms with Gasteiger partial charge in [-0.1, -0.05) is 0 Å². The Kier molecular flexibility index (Phi) is 4.74. The van der Waals surface area contributed by atoms with Gasteiger partial charge in [0.05, 0.1) is 11.4 Å². The number of nitrogens with zero attached hydrogens (tertiary/aromatic N) is 4. The smallest absolute Gasteiger partial charge is 0.220 e. The SMILES string of the molecule is CC(=O)/C(=C\c1c(C)nc(N)nc1C)c1ccc(N(C)C)nc1. The number of rotatable bonds is 4. The van der Waals surface area contributed by atoms with E-state index in [1.165, 1.54) is 6.92 Å². The Hall–Kier alpha value is -2.76. The Morgan fingerprint density at radius 2 is 1.78 bits per heavy atom. The minimum Gasteiger partial charge on any atom is -0.368 e. The summed E-state index contributed by atoms with van der Waals surface area (Å²) in [4.78, 5) is 26.7. The lowest BCUT2D eigenvalue weighted by atomic mass is 10.00. The Morgan fingerprint density at radius 3 is 2.22 bits per heavy atom. The summed E-state index contributed by atoms with van der Waals surface area (Å²) in [6.45, 7) is 5.23. The van der Waals surface area contributed by atoms with E-state index in [-0.39, 0.29) is 11.7 Å². The van der Waals surface area contributed by atoms with Gasteiger partial charge >= 0.3 is 0 Å². The second kappa shape index (κ2) is 6.56. The molecular formula is C17H21N5O. The average molecular weight is 311 g/mol. The molecule has 120 valence electrons. The van der Waals surface area contributed by atoms with Crippen LogP contribution in [0.5, 0.6) is 0 Å². The fraction of sp³-hybridized carbons (Fsp3) is 0.294. The zero-order valence-corrected chi connectivity index (χ0v) is 14.1. The predicted octanol–water partition coefficient (Wildman–Crippen LogP) is 2.27. The zero-order chi connectivity index (χ0) is 17.1. The minimum atomic E-state index is -0.0416. The second-order valence-corrected chi connectivity index (χ2v) is 5.58. The van der Waals surface area contributed by atoms with E-state index in [1.807, 2.05) is 45.0 Å². The van der Waals surface area contributed by atoms with E-state index < -0.39 is 0 Å². The predicted molar refractivity (Wildman–Crippen MR) is 93.0 cm³/mol. The molecule has 0 aromatic carbocycles. The lowest BCUT2D eigenvalue weighted by molar-refractivity contribution is -0.111. The molecule has 23 heavy (non-hydrogen) atoms. The van der Waals surface area contributed by atoms with Crippen molar-refractivity contribution < 1.29 is 4.79 Å².